The maximum absolute atomic E-state index is 12.7. The number of benzene rings is 1. The Morgan fingerprint density at radius 2 is 1.86 bits per heavy atom. The summed E-state index contributed by atoms with van der Waals surface area (Å²) < 4.78 is 18.7. The van der Waals surface area contributed by atoms with Gasteiger partial charge in [0.2, 0.25) is 5.75 Å². The fraction of sp³-hybridized carbons (Fsp3) is 0.381. The van der Waals surface area contributed by atoms with E-state index in [4.69, 9.17) is 14.2 Å². The molecule has 8 heteroatoms. The normalized spacial score (nSPS) is 19.0. The molecule has 0 spiro atoms. The first-order chi connectivity index (χ1) is 14.2. The highest BCUT2D eigenvalue weighted by Gasteiger charge is 2.26. The molecule has 1 aliphatic carbocycles. The molecule has 1 fully saturated rings. The smallest absolute Gasteiger partial charge is 0.255 e. The molecular formula is C21H24N4O4. The zero-order valence-electron chi connectivity index (χ0n) is 16.5. The van der Waals surface area contributed by atoms with Crippen molar-refractivity contribution in [1.29, 1.82) is 0 Å². The summed E-state index contributed by atoms with van der Waals surface area (Å²) in [4.78, 5) is 12.7. The highest BCUT2D eigenvalue weighted by atomic mass is 16.5. The molecule has 152 valence electrons. The summed E-state index contributed by atoms with van der Waals surface area (Å²) in [5.74, 6) is 1.81. The van der Waals surface area contributed by atoms with Gasteiger partial charge in [0, 0.05) is 12.2 Å². The molecule has 3 aromatic rings. The number of para-hydroxylation sites is 1. The van der Waals surface area contributed by atoms with E-state index in [1.807, 2.05) is 30.5 Å². The maximum atomic E-state index is 12.7. The van der Waals surface area contributed by atoms with Gasteiger partial charge in [-0.25, -0.2) is 0 Å². The Balaban J connectivity index is 1.35. The molecule has 1 aromatic carbocycles. The molecule has 8 nitrogen and oxygen atoms in total. The molecule has 1 amide bonds. The molecule has 2 aromatic heterocycles. The number of carbonyl (C=O) groups excluding carboxylic acids is 1. The standard InChI is InChI=1S/C21H24N4O4/c1-27-17-6-3-7-18(19(17)28-2)29-15-10-8-14(9-11-15)23-21(26)16-5-4-12-25-13-22-24-20(16)25/h3-7,12-15H,8-11H2,1-2H3,(H,23,26). The minimum Gasteiger partial charge on any atom is -0.493 e. The molecule has 0 atom stereocenters. The molecule has 1 aliphatic rings. The SMILES string of the molecule is COc1cccc(OC2CCC(NC(=O)c3cccn4cnnc34)CC2)c1OC. The third-order valence-corrected chi connectivity index (χ3v) is 5.24. The molecule has 0 aliphatic heterocycles. The van der Waals surface area contributed by atoms with Gasteiger partial charge in [0.15, 0.2) is 17.1 Å². The van der Waals surface area contributed by atoms with Crippen LogP contribution in [0.1, 0.15) is 36.0 Å². The zero-order chi connectivity index (χ0) is 20.2. The third kappa shape index (κ3) is 3.96. The van der Waals surface area contributed by atoms with Crippen molar-refractivity contribution in [2.45, 2.75) is 37.8 Å². The summed E-state index contributed by atoms with van der Waals surface area (Å²) in [6, 6.07) is 9.30. The Kier molecular flexibility index (Phi) is 5.50. The highest BCUT2D eigenvalue weighted by Crippen LogP contribution is 2.38. The summed E-state index contributed by atoms with van der Waals surface area (Å²) in [7, 11) is 3.21. The second-order valence-corrected chi connectivity index (χ2v) is 7.04. The van der Waals surface area contributed by atoms with E-state index >= 15 is 0 Å². The van der Waals surface area contributed by atoms with Crippen LogP contribution < -0.4 is 19.5 Å². The summed E-state index contributed by atoms with van der Waals surface area (Å²) in [5, 5.41) is 11.0. The predicted molar refractivity (Wildman–Crippen MR) is 107 cm³/mol. The molecule has 1 saturated carbocycles. The average molecular weight is 396 g/mol. The lowest BCUT2D eigenvalue weighted by Gasteiger charge is -2.30. The van der Waals surface area contributed by atoms with E-state index in [0.717, 1.165) is 25.7 Å². The first kappa shape index (κ1) is 19.0. The zero-order valence-corrected chi connectivity index (χ0v) is 16.5. The summed E-state index contributed by atoms with van der Waals surface area (Å²) in [5.41, 5.74) is 1.09. The van der Waals surface area contributed by atoms with Crippen LogP contribution in [0.2, 0.25) is 0 Å². The quantitative estimate of drug-likeness (QED) is 0.689. The lowest BCUT2D eigenvalue weighted by atomic mass is 9.92. The number of ether oxygens (including phenoxy) is 3. The van der Waals surface area contributed by atoms with Crippen LogP contribution in [-0.4, -0.2) is 46.9 Å². The highest BCUT2D eigenvalue weighted by molar-refractivity contribution is 5.99. The van der Waals surface area contributed by atoms with Crippen LogP contribution in [-0.2, 0) is 0 Å². The van der Waals surface area contributed by atoms with Gasteiger partial charge in [-0.15, -0.1) is 10.2 Å². The number of hydrogen-bond acceptors (Lipinski definition) is 6. The second kappa shape index (κ2) is 8.38. The Morgan fingerprint density at radius 3 is 2.62 bits per heavy atom. The van der Waals surface area contributed by atoms with Crippen LogP contribution >= 0.6 is 0 Å². The van der Waals surface area contributed by atoms with Gasteiger partial charge in [-0.05, 0) is 49.9 Å². The number of methoxy groups -OCH3 is 2. The van der Waals surface area contributed by atoms with Crippen LogP contribution in [0.5, 0.6) is 17.2 Å². The van der Waals surface area contributed by atoms with E-state index in [0.29, 0.717) is 28.5 Å². The molecule has 0 unspecified atom stereocenters. The Morgan fingerprint density at radius 1 is 1.07 bits per heavy atom. The first-order valence-electron chi connectivity index (χ1n) is 9.66. The number of fused-ring (bicyclic) bond motifs is 1. The first-order valence-corrected chi connectivity index (χ1v) is 9.66. The van der Waals surface area contributed by atoms with Gasteiger partial charge in [-0.2, -0.15) is 0 Å². The number of rotatable bonds is 6. The van der Waals surface area contributed by atoms with Gasteiger partial charge in [-0.1, -0.05) is 6.07 Å². The monoisotopic (exact) mass is 396 g/mol. The van der Waals surface area contributed by atoms with Crippen LogP contribution in [0.15, 0.2) is 42.9 Å². The molecule has 0 saturated heterocycles. The second-order valence-electron chi connectivity index (χ2n) is 7.04. The lowest BCUT2D eigenvalue weighted by molar-refractivity contribution is 0.0892. The number of hydrogen-bond donors (Lipinski definition) is 1. The van der Waals surface area contributed by atoms with Crippen molar-refractivity contribution in [3.05, 3.63) is 48.4 Å². The molecular weight excluding hydrogens is 372 g/mol. The van der Waals surface area contributed by atoms with Crippen molar-refractivity contribution in [3.63, 3.8) is 0 Å². The largest absolute Gasteiger partial charge is 0.493 e. The minimum atomic E-state index is -0.123. The van der Waals surface area contributed by atoms with Crippen LogP contribution in [0.25, 0.3) is 5.65 Å². The molecule has 1 N–H and O–H groups in total. The van der Waals surface area contributed by atoms with Gasteiger partial charge < -0.3 is 19.5 Å². The minimum absolute atomic E-state index is 0.0732. The number of carbonyl (C=O) groups is 1. The molecule has 4 rings (SSSR count). The van der Waals surface area contributed by atoms with Crippen molar-refractivity contribution in [2.75, 3.05) is 14.2 Å². The van der Waals surface area contributed by atoms with E-state index in [-0.39, 0.29) is 18.1 Å². The van der Waals surface area contributed by atoms with Crippen LogP contribution in [0.4, 0.5) is 0 Å². The van der Waals surface area contributed by atoms with E-state index in [2.05, 4.69) is 15.5 Å². The van der Waals surface area contributed by atoms with Crippen molar-refractivity contribution in [1.82, 2.24) is 19.9 Å². The molecule has 29 heavy (non-hydrogen) atoms. The predicted octanol–water partition coefficient (Wildman–Crippen LogP) is 2.87. The van der Waals surface area contributed by atoms with E-state index in [1.165, 1.54) is 0 Å². The Bertz CT molecular complexity index is 995. The molecule has 2 heterocycles. The van der Waals surface area contributed by atoms with E-state index < -0.39 is 0 Å². The fourth-order valence-electron chi connectivity index (χ4n) is 3.75. The summed E-state index contributed by atoms with van der Waals surface area (Å²) in [6.45, 7) is 0. The molecule has 0 radical (unpaired) electrons. The van der Waals surface area contributed by atoms with Gasteiger partial charge in [0.1, 0.15) is 6.33 Å². The van der Waals surface area contributed by atoms with Crippen molar-refractivity contribution >= 4 is 11.6 Å². The van der Waals surface area contributed by atoms with E-state index in [9.17, 15) is 4.79 Å². The summed E-state index contributed by atoms with van der Waals surface area (Å²) in [6.07, 6.45) is 6.87. The van der Waals surface area contributed by atoms with Crippen LogP contribution in [0.3, 0.4) is 0 Å². The number of pyridine rings is 1. The Hall–Kier alpha value is -3.29. The van der Waals surface area contributed by atoms with Crippen molar-refractivity contribution in [3.8, 4) is 17.2 Å². The van der Waals surface area contributed by atoms with Gasteiger partial charge in [0.05, 0.1) is 25.9 Å². The maximum Gasteiger partial charge on any atom is 0.255 e. The van der Waals surface area contributed by atoms with E-state index in [1.54, 1.807) is 31.0 Å². The number of aromatic nitrogens is 3. The fourth-order valence-corrected chi connectivity index (χ4v) is 3.75. The third-order valence-electron chi connectivity index (χ3n) is 5.24. The van der Waals surface area contributed by atoms with Gasteiger partial charge in [-0.3, -0.25) is 9.20 Å². The lowest BCUT2D eigenvalue weighted by Crippen LogP contribution is -2.39. The molecule has 0 bridgehead atoms. The topological polar surface area (TPSA) is 87.0 Å². The number of nitrogens with zero attached hydrogens (tertiary/aromatic N) is 3. The van der Waals surface area contributed by atoms with Crippen molar-refractivity contribution in [2.24, 2.45) is 0 Å². The number of amides is 1. The summed E-state index contributed by atoms with van der Waals surface area (Å²) >= 11 is 0. The number of nitrogens with one attached hydrogen (secondary N) is 1. The van der Waals surface area contributed by atoms with Gasteiger partial charge >= 0.3 is 0 Å². The van der Waals surface area contributed by atoms with Crippen LogP contribution in [0, 0.1) is 0 Å². The van der Waals surface area contributed by atoms with Crippen molar-refractivity contribution < 1.29 is 19.0 Å². The average Bonchev–Trinajstić information content (AvgIpc) is 3.23. The van der Waals surface area contributed by atoms with Gasteiger partial charge in [0.25, 0.3) is 5.91 Å². The Labute approximate surface area is 168 Å².